The highest BCUT2D eigenvalue weighted by atomic mass is 16.5. The van der Waals surface area contributed by atoms with Gasteiger partial charge in [-0.2, -0.15) is 4.98 Å². The number of likely N-dealkylation sites (tertiary alicyclic amines) is 1. The molecule has 0 unspecified atom stereocenters. The number of nitrogens with zero attached hydrogens (tertiary/aromatic N) is 3. The third-order valence-corrected chi connectivity index (χ3v) is 4.48. The number of aliphatic carboxylic acids is 1. The van der Waals surface area contributed by atoms with Gasteiger partial charge in [0.05, 0.1) is 7.11 Å². The Hall–Kier alpha value is -2.90. The van der Waals surface area contributed by atoms with Crippen LogP contribution in [0.25, 0.3) is 11.4 Å². The van der Waals surface area contributed by atoms with E-state index in [1.54, 1.807) is 19.2 Å². The lowest BCUT2D eigenvalue weighted by atomic mass is 10.0. The fourth-order valence-corrected chi connectivity index (χ4v) is 3.06. The lowest BCUT2D eigenvalue weighted by Crippen LogP contribution is -2.48. The topological polar surface area (TPSA) is 106 Å². The molecule has 1 saturated heterocycles. The average molecular weight is 359 g/mol. The first-order chi connectivity index (χ1) is 12.6. The maximum Gasteiger partial charge on any atom is 0.326 e. The first kappa shape index (κ1) is 17.9. The molecule has 0 saturated carbocycles. The van der Waals surface area contributed by atoms with Crippen LogP contribution in [0.4, 0.5) is 0 Å². The highest BCUT2D eigenvalue weighted by Gasteiger charge is 2.31. The Balaban J connectivity index is 1.60. The molecule has 2 aromatic rings. The molecule has 1 aliphatic heterocycles. The quantitative estimate of drug-likeness (QED) is 0.842. The van der Waals surface area contributed by atoms with Gasteiger partial charge in [-0.3, -0.25) is 4.79 Å². The van der Waals surface area contributed by atoms with Crippen molar-refractivity contribution < 1.29 is 24.0 Å². The third-order valence-electron chi connectivity index (χ3n) is 4.48. The molecule has 26 heavy (non-hydrogen) atoms. The lowest BCUT2D eigenvalue weighted by Gasteiger charge is -2.32. The number of methoxy groups -OCH3 is 1. The van der Waals surface area contributed by atoms with Crippen LogP contribution >= 0.6 is 0 Å². The molecule has 0 spiro atoms. The molecule has 1 aromatic carbocycles. The summed E-state index contributed by atoms with van der Waals surface area (Å²) in [7, 11) is 1.59. The van der Waals surface area contributed by atoms with E-state index < -0.39 is 12.0 Å². The summed E-state index contributed by atoms with van der Waals surface area (Å²) in [6.45, 7) is 0.483. The molecule has 1 atom stereocenters. The van der Waals surface area contributed by atoms with Gasteiger partial charge in [-0.1, -0.05) is 5.16 Å². The van der Waals surface area contributed by atoms with Crippen LogP contribution in [-0.2, 0) is 16.0 Å². The number of amides is 1. The van der Waals surface area contributed by atoms with Crippen molar-refractivity contribution in [2.75, 3.05) is 13.7 Å². The number of carbonyl (C=O) groups is 2. The van der Waals surface area contributed by atoms with Gasteiger partial charge in [-0.25, -0.2) is 4.79 Å². The molecule has 8 heteroatoms. The minimum Gasteiger partial charge on any atom is -0.497 e. The second-order valence-corrected chi connectivity index (χ2v) is 6.18. The monoisotopic (exact) mass is 359 g/mol. The maximum atomic E-state index is 12.4. The molecule has 3 rings (SSSR count). The first-order valence-electron chi connectivity index (χ1n) is 8.58. The minimum atomic E-state index is -0.947. The maximum absolute atomic E-state index is 12.4. The van der Waals surface area contributed by atoms with Gasteiger partial charge in [0.15, 0.2) is 0 Å². The van der Waals surface area contributed by atoms with Crippen LogP contribution in [0.3, 0.4) is 0 Å². The zero-order valence-corrected chi connectivity index (χ0v) is 14.6. The van der Waals surface area contributed by atoms with E-state index in [4.69, 9.17) is 9.26 Å². The zero-order valence-electron chi connectivity index (χ0n) is 14.6. The number of aryl methyl sites for hydroxylation is 1. The van der Waals surface area contributed by atoms with Gasteiger partial charge >= 0.3 is 5.97 Å². The van der Waals surface area contributed by atoms with Gasteiger partial charge < -0.3 is 19.3 Å². The molecular formula is C18H21N3O5. The largest absolute Gasteiger partial charge is 0.497 e. The van der Waals surface area contributed by atoms with Crippen molar-refractivity contribution in [2.45, 2.75) is 38.1 Å². The van der Waals surface area contributed by atoms with E-state index in [9.17, 15) is 14.7 Å². The lowest BCUT2D eigenvalue weighted by molar-refractivity contribution is -0.152. The molecular weight excluding hydrogens is 338 g/mol. The van der Waals surface area contributed by atoms with Gasteiger partial charge in [0.1, 0.15) is 11.8 Å². The standard InChI is InChI=1S/C18H21N3O5/c1-25-13-7-5-12(6-8-13)17-19-15(26-20-17)9-10-16(22)21-11-3-2-4-14(21)18(23)24/h5-8,14H,2-4,9-11H2,1H3,(H,23,24)/t14-/m1/s1. The van der Waals surface area contributed by atoms with Crippen LogP contribution in [-0.4, -0.2) is 51.7 Å². The number of aromatic nitrogens is 2. The van der Waals surface area contributed by atoms with Crippen molar-refractivity contribution in [3.8, 4) is 17.1 Å². The summed E-state index contributed by atoms with van der Waals surface area (Å²) < 4.78 is 10.3. The van der Waals surface area contributed by atoms with Crippen LogP contribution in [0.2, 0.25) is 0 Å². The second kappa shape index (κ2) is 7.99. The molecule has 1 amide bonds. The van der Waals surface area contributed by atoms with Gasteiger partial charge in [0.2, 0.25) is 17.6 Å². The number of carboxylic acid groups (broad SMARTS) is 1. The molecule has 1 aliphatic rings. The van der Waals surface area contributed by atoms with E-state index in [1.165, 1.54) is 4.90 Å². The number of carbonyl (C=O) groups excluding carboxylic acids is 1. The van der Waals surface area contributed by atoms with E-state index in [1.807, 2.05) is 12.1 Å². The Morgan fingerprint density at radius 3 is 2.77 bits per heavy atom. The first-order valence-corrected chi connectivity index (χ1v) is 8.58. The number of benzene rings is 1. The fraction of sp³-hybridized carbons (Fsp3) is 0.444. The number of ether oxygens (including phenoxy) is 1. The number of piperidine rings is 1. The molecule has 8 nitrogen and oxygen atoms in total. The minimum absolute atomic E-state index is 0.147. The van der Waals surface area contributed by atoms with E-state index in [0.29, 0.717) is 24.7 Å². The number of carboxylic acids is 1. The summed E-state index contributed by atoms with van der Waals surface area (Å²) in [5.41, 5.74) is 0.786. The van der Waals surface area contributed by atoms with Gasteiger partial charge in [0, 0.05) is 24.9 Å². The molecule has 0 bridgehead atoms. The Bertz CT molecular complexity index is 771. The predicted octanol–water partition coefficient (Wildman–Crippen LogP) is 2.14. The zero-order chi connectivity index (χ0) is 18.5. The Morgan fingerprint density at radius 2 is 2.08 bits per heavy atom. The summed E-state index contributed by atoms with van der Waals surface area (Å²) in [5, 5.41) is 13.2. The molecule has 1 aromatic heterocycles. The average Bonchev–Trinajstić information content (AvgIpc) is 3.15. The van der Waals surface area contributed by atoms with Crippen molar-refractivity contribution >= 4 is 11.9 Å². The molecule has 1 N–H and O–H groups in total. The van der Waals surface area contributed by atoms with E-state index in [2.05, 4.69) is 10.1 Å². The summed E-state index contributed by atoms with van der Waals surface area (Å²) in [5.74, 6) is 0.390. The Morgan fingerprint density at radius 1 is 1.31 bits per heavy atom. The van der Waals surface area contributed by atoms with Gasteiger partial charge in [0.25, 0.3) is 0 Å². The summed E-state index contributed by atoms with van der Waals surface area (Å²) in [6, 6.07) is 6.52. The fourth-order valence-electron chi connectivity index (χ4n) is 3.06. The summed E-state index contributed by atoms with van der Waals surface area (Å²) in [4.78, 5) is 29.5. The molecule has 0 aliphatic carbocycles. The normalized spacial score (nSPS) is 17.1. The predicted molar refractivity (Wildman–Crippen MR) is 91.6 cm³/mol. The van der Waals surface area contributed by atoms with E-state index >= 15 is 0 Å². The SMILES string of the molecule is COc1ccc(-c2noc(CCC(=O)N3CCCC[C@@H]3C(=O)O)n2)cc1. The second-order valence-electron chi connectivity index (χ2n) is 6.18. The van der Waals surface area contributed by atoms with Crippen LogP contribution in [0, 0.1) is 0 Å². The van der Waals surface area contributed by atoms with Crippen molar-refractivity contribution in [1.82, 2.24) is 15.0 Å². The van der Waals surface area contributed by atoms with E-state index in [0.717, 1.165) is 24.2 Å². The molecule has 138 valence electrons. The van der Waals surface area contributed by atoms with Gasteiger partial charge in [-0.05, 0) is 43.5 Å². The molecule has 0 radical (unpaired) electrons. The Kier molecular flexibility index (Phi) is 5.50. The van der Waals surface area contributed by atoms with Crippen molar-refractivity contribution in [1.29, 1.82) is 0 Å². The summed E-state index contributed by atoms with van der Waals surface area (Å²) in [6.07, 6.45) is 2.59. The highest BCUT2D eigenvalue weighted by molar-refractivity contribution is 5.84. The van der Waals surface area contributed by atoms with Crippen LogP contribution in [0.1, 0.15) is 31.6 Å². The van der Waals surface area contributed by atoms with Crippen molar-refractivity contribution in [3.05, 3.63) is 30.2 Å². The van der Waals surface area contributed by atoms with Crippen LogP contribution in [0.15, 0.2) is 28.8 Å². The Labute approximate surface area is 150 Å². The van der Waals surface area contributed by atoms with Crippen molar-refractivity contribution in [2.24, 2.45) is 0 Å². The third kappa shape index (κ3) is 4.01. The van der Waals surface area contributed by atoms with Gasteiger partial charge in [-0.15, -0.1) is 0 Å². The highest BCUT2D eigenvalue weighted by Crippen LogP contribution is 2.21. The number of hydrogen-bond donors (Lipinski definition) is 1. The molecule has 2 heterocycles. The van der Waals surface area contributed by atoms with E-state index in [-0.39, 0.29) is 18.7 Å². The molecule has 1 fully saturated rings. The van der Waals surface area contributed by atoms with Crippen LogP contribution < -0.4 is 4.74 Å². The number of rotatable bonds is 6. The number of hydrogen-bond acceptors (Lipinski definition) is 6. The smallest absolute Gasteiger partial charge is 0.326 e. The van der Waals surface area contributed by atoms with Crippen LogP contribution in [0.5, 0.6) is 5.75 Å². The summed E-state index contributed by atoms with van der Waals surface area (Å²) >= 11 is 0. The van der Waals surface area contributed by atoms with Crippen molar-refractivity contribution in [3.63, 3.8) is 0 Å².